The average molecular weight is 338 g/mol. The first kappa shape index (κ1) is 16.3. The fourth-order valence-corrected chi connectivity index (χ4v) is 3.25. The molecule has 0 radical (unpaired) electrons. The minimum atomic E-state index is -0.252. The number of rotatable bonds is 6. The molecule has 24 heavy (non-hydrogen) atoms. The molecule has 1 N–H and O–H groups in total. The molecule has 0 saturated heterocycles. The molecule has 0 aliphatic heterocycles. The Balaban J connectivity index is 1.93. The molecule has 1 atom stereocenters. The lowest BCUT2D eigenvalue weighted by Crippen LogP contribution is -2.34. The molecule has 5 nitrogen and oxygen atoms in total. The van der Waals surface area contributed by atoms with Gasteiger partial charge in [-0.2, -0.15) is 5.10 Å². The predicted molar refractivity (Wildman–Crippen MR) is 96.3 cm³/mol. The van der Waals surface area contributed by atoms with Gasteiger partial charge < -0.3 is 0 Å². The summed E-state index contributed by atoms with van der Waals surface area (Å²) in [5.74, 6) is 0.0244. The molecule has 1 heterocycles. The van der Waals surface area contributed by atoms with E-state index in [0.717, 1.165) is 11.4 Å². The number of carbonyl (C=O) groups excluding carboxylic acids is 1. The summed E-state index contributed by atoms with van der Waals surface area (Å²) in [6.45, 7) is 2.00. The van der Waals surface area contributed by atoms with Crippen LogP contribution in [0.4, 0.5) is 11.4 Å². The van der Waals surface area contributed by atoms with Gasteiger partial charge in [0.05, 0.1) is 5.25 Å². The number of amides is 1. The van der Waals surface area contributed by atoms with E-state index >= 15 is 0 Å². The summed E-state index contributed by atoms with van der Waals surface area (Å²) >= 11 is 1.40. The molecular weight excluding hydrogens is 320 g/mol. The van der Waals surface area contributed by atoms with E-state index in [2.05, 4.69) is 15.2 Å². The van der Waals surface area contributed by atoms with Gasteiger partial charge in [0, 0.05) is 11.4 Å². The second kappa shape index (κ2) is 7.79. The largest absolute Gasteiger partial charge is 0.280 e. The summed E-state index contributed by atoms with van der Waals surface area (Å²) < 4.78 is 0. The van der Waals surface area contributed by atoms with Gasteiger partial charge >= 0.3 is 0 Å². The Kier molecular flexibility index (Phi) is 5.28. The number of anilines is 2. The summed E-state index contributed by atoms with van der Waals surface area (Å²) in [5.41, 5.74) is 1.70. The third kappa shape index (κ3) is 3.65. The van der Waals surface area contributed by atoms with Crippen molar-refractivity contribution >= 4 is 29.0 Å². The number of hydrogen-bond acceptors (Lipinski definition) is 4. The van der Waals surface area contributed by atoms with E-state index in [1.165, 1.54) is 18.1 Å². The van der Waals surface area contributed by atoms with E-state index in [0.29, 0.717) is 11.6 Å². The van der Waals surface area contributed by atoms with Crippen molar-refractivity contribution in [2.75, 3.05) is 4.90 Å². The zero-order valence-corrected chi connectivity index (χ0v) is 14.1. The minimum Gasteiger partial charge on any atom is -0.280 e. The van der Waals surface area contributed by atoms with Gasteiger partial charge in [-0.05, 0) is 30.7 Å². The van der Waals surface area contributed by atoms with Gasteiger partial charge in [0.15, 0.2) is 5.16 Å². The summed E-state index contributed by atoms with van der Waals surface area (Å²) in [6.07, 6.45) is 2.14. The molecule has 1 amide bonds. The van der Waals surface area contributed by atoms with Crippen LogP contribution in [0.1, 0.15) is 13.3 Å². The van der Waals surface area contributed by atoms with Crippen LogP contribution in [0.2, 0.25) is 0 Å². The summed E-state index contributed by atoms with van der Waals surface area (Å²) in [7, 11) is 0. The molecule has 0 aliphatic rings. The number of carbonyl (C=O) groups is 1. The summed E-state index contributed by atoms with van der Waals surface area (Å²) in [6, 6.07) is 19.4. The summed E-state index contributed by atoms with van der Waals surface area (Å²) in [4.78, 5) is 19.1. The Labute approximate surface area is 145 Å². The Morgan fingerprint density at radius 3 is 2.12 bits per heavy atom. The minimum absolute atomic E-state index is 0.0244. The van der Waals surface area contributed by atoms with Crippen LogP contribution in [-0.4, -0.2) is 26.3 Å². The van der Waals surface area contributed by atoms with Crippen LogP contribution < -0.4 is 4.90 Å². The third-order valence-corrected chi connectivity index (χ3v) is 4.78. The highest BCUT2D eigenvalue weighted by molar-refractivity contribution is 8.00. The molecule has 0 aliphatic carbocycles. The van der Waals surface area contributed by atoms with Crippen LogP contribution in [0.3, 0.4) is 0 Å². The Morgan fingerprint density at radius 2 is 1.67 bits per heavy atom. The van der Waals surface area contributed by atoms with Crippen LogP contribution in [0.5, 0.6) is 0 Å². The predicted octanol–water partition coefficient (Wildman–Crippen LogP) is 4.04. The number of aromatic nitrogens is 3. The number of nitrogens with zero attached hydrogens (tertiary/aromatic N) is 3. The highest BCUT2D eigenvalue weighted by Gasteiger charge is 2.27. The number of para-hydroxylation sites is 2. The maximum absolute atomic E-state index is 13.2. The monoisotopic (exact) mass is 338 g/mol. The van der Waals surface area contributed by atoms with Gasteiger partial charge in [0.2, 0.25) is 5.91 Å². The number of thioether (sulfide) groups is 1. The number of hydrogen-bond donors (Lipinski definition) is 1. The molecular formula is C18H18N4OS. The lowest BCUT2D eigenvalue weighted by Gasteiger charge is -2.26. The first-order chi connectivity index (χ1) is 11.8. The van der Waals surface area contributed by atoms with Gasteiger partial charge in [-0.15, -0.1) is 0 Å². The van der Waals surface area contributed by atoms with Crippen molar-refractivity contribution in [1.82, 2.24) is 15.2 Å². The number of benzene rings is 2. The highest BCUT2D eigenvalue weighted by Crippen LogP contribution is 2.31. The van der Waals surface area contributed by atoms with Crippen LogP contribution in [-0.2, 0) is 4.79 Å². The van der Waals surface area contributed by atoms with Gasteiger partial charge in [0.25, 0.3) is 0 Å². The van der Waals surface area contributed by atoms with Crippen molar-refractivity contribution in [3.05, 3.63) is 67.0 Å². The second-order valence-electron chi connectivity index (χ2n) is 5.15. The smallest absolute Gasteiger partial charge is 0.245 e. The van der Waals surface area contributed by atoms with Crippen LogP contribution in [0, 0.1) is 0 Å². The molecule has 1 aromatic heterocycles. The molecule has 0 spiro atoms. The first-order valence-corrected chi connectivity index (χ1v) is 8.63. The van der Waals surface area contributed by atoms with Crippen molar-refractivity contribution in [2.24, 2.45) is 0 Å². The quantitative estimate of drug-likeness (QED) is 0.689. The van der Waals surface area contributed by atoms with Crippen molar-refractivity contribution in [3.63, 3.8) is 0 Å². The number of H-pyrrole nitrogens is 1. The topological polar surface area (TPSA) is 61.9 Å². The number of aromatic amines is 1. The fraction of sp³-hybridized carbons (Fsp3) is 0.167. The molecule has 6 heteroatoms. The molecule has 1 unspecified atom stereocenters. The van der Waals surface area contributed by atoms with E-state index in [1.54, 1.807) is 4.90 Å². The Bertz CT molecular complexity index is 723. The van der Waals surface area contributed by atoms with Crippen LogP contribution >= 0.6 is 11.8 Å². The lowest BCUT2D eigenvalue weighted by molar-refractivity contribution is -0.117. The van der Waals surface area contributed by atoms with Gasteiger partial charge in [-0.3, -0.25) is 14.8 Å². The van der Waals surface area contributed by atoms with Gasteiger partial charge in [-0.1, -0.05) is 55.1 Å². The number of nitrogens with one attached hydrogen (secondary N) is 1. The van der Waals surface area contributed by atoms with Crippen LogP contribution in [0.15, 0.2) is 72.1 Å². The maximum Gasteiger partial charge on any atom is 0.245 e. The standard InChI is InChI=1S/C18H18N4OS/c1-2-16(24-18-19-13-20-21-18)17(23)22(14-9-5-3-6-10-14)15-11-7-4-8-12-15/h3-13,16H,2H2,1H3,(H,19,20,21). The normalized spacial score (nSPS) is 11.9. The van der Waals surface area contributed by atoms with E-state index in [4.69, 9.17) is 0 Å². The fourth-order valence-electron chi connectivity index (χ4n) is 2.40. The highest BCUT2D eigenvalue weighted by atomic mass is 32.2. The van der Waals surface area contributed by atoms with Gasteiger partial charge in [-0.25, -0.2) is 4.98 Å². The molecule has 2 aromatic carbocycles. The van der Waals surface area contributed by atoms with Crippen molar-refractivity contribution in [3.8, 4) is 0 Å². The molecule has 0 saturated carbocycles. The molecule has 122 valence electrons. The van der Waals surface area contributed by atoms with Crippen molar-refractivity contribution in [1.29, 1.82) is 0 Å². The molecule has 3 rings (SSSR count). The summed E-state index contributed by atoms with van der Waals surface area (Å²) in [5, 5.41) is 7.05. The third-order valence-electron chi connectivity index (χ3n) is 3.54. The first-order valence-electron chi connectivity index (χ1n) is 7.75. The molecule has 0 bridgehead atoms. The maximum atomic E-state index is 13.2. The zero-order chi connectivity index (χ0) is 16.8. The Hall–Kier alpha value is -2.60. The SMILES string of the molecule is CCC(Sc1ncn[nH]1)C(=O)N(c1ccccc1)c1ccccc1. The van der Waals surface area contributed by atoms with E-state index in [9.17, 15) is 4.79 Å². The molecule has 3 aromatic rings. The van der Waals surface area contributed by atoms with E-state index < -0.39 is 0 Å². The van der Waals surface area contributed by atoms with Crippen LogP contribution in [0.25, 0.3) is 0 Å². The molecule has 0 fully saturated rings. The Morgan fingerprint density at radius 1 is 1.08 bits per heavy atom. The van der Waals surface area contributed by atoms with Crippen molar-refractivity contribution < 1.29 is 4.79 Å². The lowest BCUT2D eigenvalue weighted by atomic mass is 10.2. The van der Waals surface area contributed by atoms with Gasteiger partial charge in [0.1, 0.15) is 6.33 Å². The van der Waals surface area contributed by atoms with Crippen molar-refractivity contribution in [2.45, 2.75) is 23.8 Å². The van der Waals surface area contributed by atoms with E-state index in [1.807, 2.05) is 67.6 Å². The zero-order valence-electron chi connectivity index (χ0n) is 13.3. The second-order valence-corrected chi connectivity index (χ2v) is 6.34. The average Bonchev–Trinajstić information content (AvgIpc) is 3.15. The van der Waals surface area contributed by atoms with E-state index in [-0.39, 0.29) is 11.2 Å².